The second-order valence-electron chi connectivity index (χ2n) is 5.81. The molecule has 1 unspecified atom stereocenters. The van der Waals surface area contributed by atoms with E-state index in [1.54, 1.807) is 36.6 Å². The Morgan fingerprint density at radius 1 is 1.24 bits per heavy atom. The average Bonchev–Trinajstić information content (AvgIpc) is 3.16. The third-order valence-corrected chi connectivity index (χ3v) is 4.15. The fourth-order valence-electron chi connectivity index (χ4n) is 2.83. The molecule has 0 bridgehead atoms. The van der Waals surface area contributed by atoms with Crippen LogP contribution in [0.3, 0.4) is 0 Å². The Hall–Kier alpha value is -2.44. The van der Waals surface area contributed by atoms with Crippen molar-refractivity contribution in [3.63, 3.8) is 0 Å². The molecule has 0 spiro atoms. The molecule has 1 atom stereocenters. The molecule has 1 aliphatic rings. The molecule has 3 rings (SSSR count). The Labute approximate surface area is 146 Å². The second-order valence-corrected chi connectivity index (χ2v) is 5.81. The molecular formula is C19H21FN2O3. The molecule has 6 heteroatoms. The van der Waals surface area contributed by atoms with E-state index in [1.807, 2.05) is 0 Å². The van der Waals surface area contributed by atoms with E-state index in [-0.39, 0.29) is 17.8 Å². The first kappa shape index (κ1) is 17.4. The summed E-state index contributed by atoms with van der Waals surface area (Å²) in [5, 5.41) is 2.91. The molecule has 25 heavy (non-hydrogen) atoms. The predicted octanol–water partition coefficient (Wildman–Crippen LogP) is 2.62. The third kappa shape index (κ3) is 5.01. The van der Waals surface area contributed by atoms with Crippen molar-refractivity contribution < 1.29 is 18.3 Å². The van der Waals surface area contributed by atoms with Crippen molar-refractivity contribution in [1.82, 2.24) is 10.2 Å². The van der Waals surface area contributed by atoms with E-state index in [1.165, 1.54) is 18.2 Å². The molecule has 2 heterocycles. The minimum absolute atomic E-state index is 0.0227. The zero-order chi connectivity index (χ0) is 17.5. The Morgan fingerprint density at radius 3 is 2.68 bits per heavy atom. The van der Waals surface area contributed by atoms with Crippen LogP contribution < -0.4 is 5.32 Å². The van der Waals surface area contributed by atoms with Gasteiger partial charge in [-0.15, -0.1) is 0 Å². The van der Waals surface area contributed by atoms with Gasteiger partial charge in [0.2, 0.25) is 5.91 Å². The highest BCUT2D eigenvalue weighted by atomic mass is 19.1. The van der Waals surface area contributed by atoms with E-state index in [0.717, 1.165) is 18.7 Å². The number of nitrogens with zero attached hydrogens (tertiary/aromatic N) is 1. The van der Waals surface area contributed by atoms with Crippen LogP contribution in [0.2, 0.25) is 0 Å². The maximum Gasteiger partial charge on any atom is 0.244 e. The van der Waals surface area contributed by atoms with Crippen molar-refractivity contribution in [1.29, 1.82) is 0 Å². The largest absolute Gasteiger partial charge is 0.465 e. The van der Waals surface area contributed by atoms with Crippen molar-refractivity contribution in [2.75, 3.05) is 32.8 Å². The molecule has 1 N–H and O–H groups in total. The van der Waals surface area contributed by atoms with E-state index in [2.05, 4.69) is 10.2 Å². The first-order valence-corrected chi connectivity index (χ1v) is 8.29. The molecule has 1 amide bonds. The summed E-state index contributed by atoms with van der Waals surface area (Å²) in [5.74, 6) is 0.157. The van der Waals surface area contributed by atoms with E-state index >= 15 is 0 Å². The summed E-state index contributed by atoms with van der Waals surface area (Å²) in [6, 6.07) is 9.94. The summed E-state index contributed by atoms with van der Waals surface area (Å²) in [5.41, 5.74) is 0.971. The van der Waals surface area contributed by atoms with Gasteiger partial charge in [0.25, 0.3) is 0 Å². The lowest BCUT2D eigenvalue weighted by molar-refractivity contribution is -0.116. The molecule has 0 aliphatic carbocycles. The number of carbonyl (C=O) groups excluding carboxylic acids is 1. The van der Waals surface area contributed by atoms with Crippen LogP contribution in [-0.4, -0.2) is 43.7 Å². The van der Waals surface area contributed by atoms with Crippen molar-refractivity contribution in [3.05, 3.63) is 65.9 Å². The SMILES string of the molecule is O=C(C=Cc1ccco1)NCC(c1ccc(F)cc1)N1CCOCC1. The highest BCUT2D eigenvalue weighted by Gasteiger charge is 2.23. The summed E-state index contributed by atoms with van der Waals surface area (Å²) in [4.78, 5) is 14.3. The van der Waals surface area contributed by atoms with Gasteiger partial charge in [-0.05, 0) is 35.9 Å². The molecule has 0 saturated carbocycles. The molecule has 1 aromatic heterocycles. The number of halogens is 1. The Kier molecular flexibility index (Phi) is 5.98. The average molecular weight is 344 g/mol. The predicted molar refractivity (Wildman–Crippen MR) is 92.3 cm³/mol. The number of benzene rings is 1. The second kappa shape index (κ2) is 8.60. The number of ether oxygens (including phenoxy) is 1. The summed E-state index contributed by atoms with van der Waals surface area (Å²) in [6.07, 6.45) is 4.62. The Morgan fingerprint density at radius 2 is 2.00 bits per heavy atom. The van der Waals surface area contributed by atoms with Gasteiger partial charge >= 0.3 is 0 Å². The van der Waals surface area contributed by atoms with Crippen molar-refractivity contribution in [2.45, 2.75) is 6.04 Å². The van der Waals surface area contributed by atoms with Crippen LogP contribution in [0, 0.1) is 5.82 Å². The van der Waals surface area contributed by atoms with Gasteiger partial charge in [0.05, 0.1) is 25.5 Å². The lowest BCUT2D eigenvalue weighted by Gasteiger charge is -2.34. The van der Waals surface area contributed by atoms with Gasteiger partial charge in [0.1, 0.15) is 11.6 Å². The number of nitrogens with one attached hydrogen (secondary N) is 1. The number of amides is 1. The van der Waals surface area contributed by atoms with Crippen LogP contribution >= 0.6 is 0 Å². The third-order valence-electron chi connectivity index (χ3n) is 4.15. The lowest BCUT2D eigenvalue weighted by Crippen LogP contribution is -2.43. The molecule has 132 valence electrons. The van der Waals surface area contributed by atoms with Gasteiger partial charge in [-0.25, -0.2) is 4.39 Å². The number of carbonyl (C=O) groups is 1. The van der Waals surface area contributed by atoms with Gasteiger partial charge in [0, 0.05) is 25.7 Å². The minimum Gasteiger partial charge on any atom is -0.465 e. The molecule has 2 aromatic rings. The molecule has 1 fully saturated rings. The van der Waals surface area contributed by atoms with Gasteiger partial charge < -0.3 is 14.5 Å². The number of hydrogen-bond acceptors (Lipinski definition) is 4. The van der Waals surface area contributed by atoms with Crippen LogP contribution in [0.25, 0.3) is 6.08 Å². The molecule has 1 aliphatic heterocycles. The van der Waals surface area contributed by atoms with Crippen LogP contribution in [0.5, 0.6) is 0 Å². The van der Waals surface area contributed by atoms with Crippen molar-refractivity contribution in [2.24, 2.45) is 0 Å². The number of furan rings is 1. The fourth-order valence-corrected chi connectivity index (χ4v) is 2.83. The Balaban J connectivity index is 1.64. The highest BCUT2D eigenvalue weighted by Crippen LogP contribution is 2.21. The maximum atomic E-state index is 13.2. The molecule has 5 nitrogen and oxygen atoms in total. The summed E-state index contributed by atoms with van der Waals surface area (Å²) in [7, 11) is 0. The number of morpholine rings is 1. The zero-order valence-corrected chi connectivity index (χ0v) is 13.9. The van der Waals surface area contributed by atoms with Crippen molar-refractivity contribution in [3.8, 4) is 0 Å². The quantitative estimate of drug-likeness (QED) is 0.819. The van der Waals surface area contributed by atoms with Crippen LogP contribution in [0.15, 0.2) is 53.2 Å². The highest BCUT2D eigenvalue weighted by molar-refractivity contribution is 5.91. The van der Waals surface area contributed by atoms with Crippen LogP contribution in [-0.2, 0) is 9.53 Å². The Bertz CT molecular complexity index is 692. The van der Waals surface area contributed by atoms with Gasteiger partial charge in [-0.1, -0.05) is 12.1 Å². The molecular weight excluding hydrogens is 323 g/mol. The fraction of sp³-hybridized carbons (Fsp3) is 0.316. The molecule has 1 aromatic carbocycles. The standard InChI is InChI=1S/C19H21FN2O3/c20-16-5-3-15(4-6-16)18(22-9-12-24-13-10-22)14-21-19(23)8-7-17-2-1-11-25-17/h1-8,11,18H,9-10,12-14H2,(H,21,23). The van der Waals surface area contributed by atoms with Gasteiger partial charge in [-0.3, -0.25) is 9.69 Å². The minimum atomic E-state index is -0.269. The van der Waals surface area contributed by atoms with E-state index < -0.39 is 0 Å². The lowest BCUT2D eigenvalue weighted by atomic mass is 10.0. The number of rotatable bonds is 6. The van der Waals surface area contributed by atoms with Crippen LogP contribution in [0.4, 0.5) is 4.39 Å². The number of hydrogen-bond donors (Lipinski definition) is 1. The molecule has 1 saturated heterocycles. The van der Waals surface area contributed by atoms with Crippen LogP contribution in [0.1, 0.15) is 17.4 Å². The first-order valence-electron chi connectivity index (χ1n) is 8.29. The summed E-state index contributed by atoms with van der Waals surface area (Å²) < 4.78 is 23.8. The first-order chi connectivity index (χ1) is 12.2. The van der Waals surface area contributed by atoms with Crippen molar-refractivity contribution >= 4 is 12.0 Å². The smallest absolute Gasteiger partial charge is 0.244 e. The normalized spacial score (nSPS) is 16.8. The van der Waals surface area contributed by atoms with E-state index in [0.29, 0.717) is 25.5 Å². The van der Waals surface area contributed by atoms with E-state index in [9.17, 15) is 9.18 Å². The summed E-state index contributed by atoms with van der Waals surface area (Å²) >= 11 is 0. The van der Waals surface area contributed by atoms with Gasteiger partial charge in [-0.2, -0.15) is 0 Å². The maximum absolute atomic E-state index is 13.2. The summed E-state index contributed by atoms with van der Waals surface area (Å²) in [6.45, 7) is 3.31. The topological polar surface area (TPSA) is 54.7 Å². The monoisotopic (exact) mass is 344 g/mol. The zero-order valence-electron chi connectivity index (χ0n) is 13.9. The van der Waals surface area contributed by atoms with E-state index in [4.69, 9.17) is 9.15 Å². The van der Waals surface area contributed by atoms with Gasteiger partial charge in [0.15, 0.2) is 0 Å². The molecule has 0 radical (unpaired) electrons.